The molecular formula is C60H40N2OSi. The van der Waals surface area contributed by atoms with Gasteiger partial charge in [-0.2, -0.15) is 0 Å². The van der Waals surface area contributed by atoms with Gasteiger partial charge in [0.25, 0.3) is 0 Å². The van der Waals surface area contributed by atoms with E-state index in [0.29, 0.717) is 15.6 Å². The summed E-state index contributed by atoms with van der Waals surface area (Å²) in [5, 5.41) is -1.78. The van der Waals surface area contributed by atoms with Gasteiger partial charge in [0.05, 0.1) is 68.8 Å². The number of rotatable bonds is 7. The lowest BCUT2D eigenvalue weighted by atomic mass is 10.1. The van der Waals surface area contributed by atoms with E-state index >= 15 is 0 Å². The first-order chi connectivity index (χ1) is 42.6. The van der Waals surface area contributed by atoms with E-state index in [2.05, 4.69) is 0 Å². The second kappa shape index (κ2) is 14.5. The second-order valence-corrected chi connectivity index (χ2v) is 18.6. The third-order valence-corrected chi connectivity index (χ3v) is 16.2. The van der Waals surface area contributed by atoms with Crippen LogP contribution >= 0.6 is 0 Å². The first-order valence-electron chi connectivity index (χ1n) is 32.9. The molecule has 13 rings (SSSR count). The second-order valence-electron chi connectivity index (χ2n) is 14.8. The zero-order valence-electron chi connectivity index (χ0n) is 58.9. The van der Waals surface area contributed by atoms with Gasteiger partial charge in [0.15, 0.2) is 13.7 Å². The standard InChI is InChI=1S/C60H40N2OSi/c1-4-19-41(20-5-1)42-21-18-26-47(39-42)64(44-22-6-2-7-23-44,45-24-8-3-9-25-45)46-37-35-43(36-38-46)61-53-31-14-12-29-50(53)52-40-56(60-58(59(52)61)51-30-13-17-34-57(51)63-60)62-54-32-15-10-27-48(54)49-28-11-16-33-55(49)62/h1-40H/i1D,4D,5D,10D,11D,12D,13D,14D,15D,16D,17D,19D,20D,27D,28D,29D,30D,31D,32D,33D,34D,35D,36D,37D,38D,40D. The molecule has 0 unspecified atom stereocenters. The summed E-state index contributed by atoms with van der Waals surface area (Å²) in [5.41, 5.74) is -4.78. The lowest BCUT2D eigenvalue weighted by Gasteiger charge is -2.35. The summed E-state index contributed by atoms with van der Waals surface area (Å²) in [6.07, 6.45) is 0. The van der Waals surface area contributed by atoms with Crippen molar-refractivity contribution in [3.05, 3.63) is 242 Å². The number of fused-ring (bicyclic) bond motifs is 10. The predicted molar refractivity (Wildman–Crippen MR) is 271 cm³/mol. The Kier molecular flexibility index (Phi) is 4.30. The minimum atomic E-state index is -4.40. The number of hydrogen-bond acceptors (Lipinski definition) is 1. The molecule has 0 fully saturated rings. The molecule has 0 aliphatic carbocycles. The van der Waals surface area contributed by atoms with E-state index in [4.69, 9.17) is 22.2 Å². The van der Waals surface area contributed by atoms with Gasteiger partial charge >= 0.3 is 0 Å². The largest absolute Gasteiger partial charge is 0.454 e. The van der Waals surface area contributed by atoms with E-state index in [9.17, 15) is 17.8 Å². The van der Waals surface area contributed by atoms with Crippen molar-refractivity contribution in [2.45, 2.75) is 0 Å². The fourth-order valence-corrected chi connectivity index (χ4v) is 13.5. The Morgan fingerprint density at radius 3 is 1.58 bits per heavy atom. The first kappa shape index (κ1) is 19.1. The third-order valence-electron chi connectivity index (χ3n) is 11.6. The van der Waals surface area contributed by atoms with Crippen LogP contribution in [0.15, 0.2) is 246 Å². The highest BCUT2D eigenvalue weighted by Gasteiger charge is 2.41. The summed E-state index contributed by atoms with van der Waals surface area (Å²) in [6, 6.07) is 3.51. The fraction of sp³-hybridized carbons (Fsp3) is 0. The van der Waals surface area contributed by atoms with Gasteiger partial charge in [-0.3, -0.25) is 0 Å². The molecule has 300 valence electrons. The van der Waals surface area contributed by atoms with E-state index < -0.39 is 242 Å². The minimum absolute atomic E-state index is 0.154. The average molecular weight is 859 g/mol. The highest BCUT2D eigenvalue weighted by Crippen LogP contribution is 2.45. The van der Waals surface area contributed by atoms with E-state index in [1.54, 1.807) is 84.9 Å². The van der Waals surface area contributed by atoms with Crippen molar-refractivity contribution in [3.63, 3.8) is 0 Å². The molecule has 0 atom stereocenters. The lowest BCUT2D eigenvalue weighted by molar-refractivity contribution is 0.666. The van der Waals surface area contributed by atoms with Crippen LogP contribution in [-0.2, 0) is 0 Å². The van der Waals surface area contributed by atoms with Crippen LogP contribution in [0.25, 0.3) is 88.1 Å². The molecule has 3 nitrogen and oxygen atoms in total. The Morgan fingerprint density at radius 1 is 0.406 bits per heavy atom. The minimum Gasteiger partial charge on any atom is -0.454 e. The van der Waals surface area contributed by atoms with Gasteiger partial charge in [-0.15, -0.1) is 0 Å². The summed E-state index contributed by atoms with van der Waals surface area (Å²) in [7, 11) is -4.40. The maximum atomic E-state index is 10.5. The third kappa shape index (κ3) is 5.33. The van der Waals surface area contributed by atoms with Crippen LogP contribution in [0.2, 0.25) is 0 Å². The SMILES string of the molecule is [2H]c1c([2H])c([2H])c(-c2cccc([Si](c3ccccc3)(c3ccccc3)c3c([2H])c([2H])c(-n4c5c([2H])c([2H])c([2H])c([2H])c5c5c([2H])c(-n6c7c([2H])c([2H])c([2H])c([2H])c7c7c([2H])c([2H])c([2H])c([2H])c76)c6oc7c([2H])c([2H])c([2H])c([2H])c7c6c54)c([2H])c3[2H])c2)c([2H])c1[2H]. The quantitative estimate of drug-likeness (QED) is 0.116. The van der Waals surface area contributed by atoms with Crippen LogP contribution in [0.1, 0.15) is 35.6 Å². The van der Waals surface area contributed by atoms with E-state index in [0.717, 1.165) is 9.13 Å². The van der Waals surface area contributed by atoms with Crippen molar-refractivity contribution in [1.82, 2.24) is 9.13 Å². The number of nitrogens with zero attached hydrogens (tertiary/aromatic N) is 2. The van der Waals surface area contributed by atoms with Gasteiger partial charge in [0.2, 0.25) is 0 Å². The van der Waals surface area contributed by atoms with Gasteiger partial charge in [-0.25, -0.2) is 0 Å². The molecule has 4 heteroatoms. The Balaban J connectivity index is 1.27. The molecule has 3 aromatic heterocycles. The monoisotopic (exact) mass is 858 g/mol. The Morgan fingerprint density at radius 2 is 0.938 bits per heavy atom. The zero-order valence-corrected chi connectivity index (χ0v) is 33.9. The molecule has 0 amide bonds. The van der Waals surface area contributed by atoms with Gasteiger partial charge < -0.3 is 13.6 Å². The Labute approximate surface area is 407 Å². The smallest absolute Gasteiger partial charge is 0.179 e. The topological polar surface area (TPSA) is 23.0 Å². The van der Waals surface area contributed by atoms with Crippen molar-refractivity contribution in [3.8, 4) is 22.5 Å². The molecule has 0 aliphatic rings. The van der Waals surface area contributed by atoms with Gasteiger partial charge in [-0.1, -0.05) is 200 Å². The fourth-order valence-electron chi connectivity index (χ4n) is 8.99. The van der Waals surface area contributed by atoms with Crippen LogP contribution in [0, 0.1) is 0 Å². The van der Waals surface area contributed by atoms with Crippen LogP contribution in [0.3, 0.4) is 0 Å². The van der Waals surface area contributed by atoms with Gasteiger partial charge in [0.1, 0.15) is 5.58 Å². The van der Waals surface area contributed by atoms with Crippen molar-refractivity contribution in [2.75, 3.05) is 0 Å². The van der Waals surface area contributed by atoms with E-state index in [1.165, 1.54) is 0 Å². The molecule has 64 heavy (non-hydrogen) atoms. The molecule has 10 aromatic carbocycles. The number of benzene rings is 10. The molecule has 0 saturated heterocycles. The molecule has 3 heterocycles. The van der Waals surface area contributed by atoms with Crippen molar-refractivity contribution < 1.29 is 40.1 Å². The zero-order chi connectivity index (χ0) is 64.8. The van der Waals surface area contributed by atoms with Crippen LogP contribution in [0.5, 0.6) is 0 Å². The van der Waals surface area contributed by atoms with Crippen LogP contribution < -0.4 is 20.7 Å². The predicted octanol–water partition coefficient (Wildman–Crippen LogP) is 12.8. The normalized spacial score (nSPS) is 17.8. The van der Waals surface area contributed by atoms with Crippen LogP contribution in [0.4, 0.5) is 0 Å². The number of furan rings is 1. The molecule has 13 aromatic rings. The molecule has 0 spiro atoms. The van der Waals surface area contributed by atoms with Crippen LogP contribution in [-0.4, -0.2) is 17.2 Å². The molecule has 0 saturated carbocycles. The highest BCUT2D eigenvalue weighted by molar-refractivity contribution is 7.19. The molecule has 0 N–H and O–H groups in total. The first-order valence-corrected chi connectivity index (χ1v) is 21.9. The van der Waals surface area contributed by atoms with Gasteiger partial charge in [-0.05, 0) is 74.2 Å². The maximum Gasteiger partial charge on any atom is 0.179 e. The molecule has 0 bridgehead atoms. The Bertz CT molecular complexity index is 5280. The van der Waals surface area contributed by atoms with Crippen molar-refractivity contribution >= 4 is 94.4 Å². The van der Waals surface area contributed by atoms with Crippen molar-refractivity contribution in [2.24, 2.45) is 0 Å². The highest BCUT2D eigenvalue weighted by atomic mass is 28.3. The van der Waals surface area contributed by atoms with E-state index in [-0.39, 0.29) is 16.3 Å². The summed E-state index contributed by atoms with van der Waals surface area (Å²) in [4.78, 5) is 0. The van der Waals surface area contributed by atoms with E-state index in [1.807, 2.05) is 0 Å². The summed E-state index contributed by atoms with van der Waals surface area (Å²) in [6.45, 7) is 0. The molecule has 0 radical (unpaired) electrons. The lowest BCUT2D eigenvalue weighted by Crippen LogP contribution is -2.74. The average Bonchev–Trinajstić information content (AvgIpc) is 1.48. The molecule has 0 aliphatic heterocycles. The summed E-state index contributed by atoms with van der Waals surface area (Å²) < 4.78 is 250. The number of para-hydroxylation sites is 4. The Hall–Kier alpha value is -8.18. The van der Waals surface area contributed by atoms with Crippen molar-refractivity contribution in [1.29, 1.82) is 0 Å². The maximum absolute atomic E-state index is 10.5. The summed E-state index contributed by atoms with van der Waals surface area (Å²) in [5.74, 6) is 0. The number of aromatic nitrogens is 2. The number of hydrogen-bond donors (Lipinski definition) is 0. The summed E-state index contributed by atoms with van der Waals surface area (Å²) >= 11 is 0. The van der Waals surface area contributed by atoms with Gasteiger partial charge in [0, 0.05) is 32.6 Å². The molecular weight excluding hydrogens is 793 g/mol.